The smallest absolute Gasteiger partial charge is 0.243 e. The van der Waals surface area contributed by atoms with Crippen molar-refractivity contribution in [3.63, 3.8) is 0 Å². The van der Waals surface area contributed by atoms with Gasteiger partial charge in [0.1, 0.15) is 5.75 Å². The van der Waals surface area contributed by atoms with Gasteiger partial charge in [0.25, 0.3) is 0 Å². The van der Waals surface area contributed by atoms with Gasteiger partial charge >= 0.3 is 0 Å². The highest BCUT2D eigenvalue weighted by atomic mass is 35.5. The molecule has 3 rings (SSSR count). The Kier molecular flexibility index (Phi) is 7.85. The van der Waals surface area contributed by atoms with Crippen molar-refractivity contribution in [1.29, 1.82) is 0 Å². The number of amides is 1. The molecule has 0 N–H and O–H groups in total. The lowest BCUT2D eigenvalue weighted by Gasteiger charge is -2.34. The first-order valence-corrected chi connectivity index (χ1v) is 12.7. The van der Waals surface area contributed by atoms with Crippen LogP contribution < -0.4 is 9.64 Å². The average molecular weight is 479 g/mol. The van der Waals surface area contributed by atoms with Gasteiger partial charge in [-0.2, -0.15) is 4.31 Å². The molecule has 0 radical (unpaired) electrons. The largest absolute Gasteiger partial charge is 0.495 e. The molecule has 1 amide bonds. The summed E-state index contributed by atoms with van der Waals surface area (Å²) in [6, 6.07) is 9.97. The Morgan fingerprint density at radius 2 is 1.75 bits per heavy atom. The minimum atomic E-state index is -3.93. The molecular weight excluding hydrogens is 448 g/mol. The quantitative estimate of drug-likeness (QED) is 0.564. The second-order valence-corrected chi connectivity index (χ2v) is 10.7. The van der Waals surface area contributed by atoms with Crippen molar-refractivity contribution in [3.05, 3.63) is 52.5 Å². The van der Waals surface area contributed by atoms with Crippen LogP contribution in [0.4, 0.5) is 5.69 Å². The molecule has 0 atom stereocenters. The number of rotatable bonds is 7. The van der Waals surface area contributed by atoms with Gasteiger partial charge in [0.15, 0.2) is 0 Å². The van der Waals surface area contributed by atoms with E-state index in [9.17, 15) is 13.2 Å². The van der Waals surface area contributed by atoms with Crippen molar-refractivity contribution in [1.82, 2.24) is 4.31 Å². The summed E-state index contributed by atoms with van der Waals surface area (Å²) in [5, 5.41) is 0.218. The zero-order chi connectivity index (χ0) is 23.5. The van der Waals surface area contributed by atoms with Gasteiger partial charge in [0.2, 0.25) is 15.9 Å². The van der Waals surface area contributed by atoms with Crippen LogP contribution >= 0.6 is 11.6 Å². The molecule has 0 bridgehead atoms. The summed E-state index contributed by atoms with van der Waals surface area (Å²) in [6.45, 7) is 3.78. The Balaban J connectivity index is 1.92. The van der Waals surface area contributed by atoms with Gasteiger partial charge in [-0.1, -0.05) is 36.9 Å². The number of benzene rings is 2. The lowest BCUT2D eigenvalue weighted by atomic mass is 9.95. The Bertz CT molecular complexity index is 1080. The van der Waals surface area contributed by atoms with Crippen molar-refractivity contribution in [2.45, 2.75) is 56.9 Å². The summed E-state index contributed by atoms with van der Waals surface area (Å²) in [5.41, 5.74) is 2.95. The number of nitrogens with zero attached hydrogens (tertiary/aromatic N) is 2. The zero-order valence-corrected chi connectivity index (χ0v) is 20.7. The maximum Gasteiger partial charge on any atom is 0.243 e. The summed E-state index contributed by atoms with van der Waals surface area (Å²) >= 11 is 6.21. The van der Waals surface area contributed by atoms with E-state index in [0.29, 0.717) is 5.75 Å². The van der Waals surface area contributed by atoms with Crippen LogP contribution in [0.25, 0.3) is 0 Å². The van der Waals surface area contributed by atoms with E-state index in [1.54, 1.807) is 7.05 Å². The number of anilines is 1. The van der Waals surface area contributed by atoms with Crippen molar-refractivity contribution < 1.29 is 17.9 Å². The fraction of sp³-hybridized carbons (Fsp3) is 0.458. The highest BCUT2D eigenvalue weighted by Crippen LogP contribution is 2.32. The Hall–Kier alpha value is -2.09. The molecule has 2 aromatic rings. The van der Waals surface area contributed by atoms with E-state index >= 15 is 0 Å². The molecule has 0 spiro atoms. The molecule has 1 aliphatic rings. The van der Waals surface area contributed by atoms with E-state index in [0.717, 1.165) is 48.9 Å². The van der Waals surface area contributed by atoms with E-state index in [2.05, 4.69) is 0 Å². The number of halogens is 1. The lowest BCUT2D eigenvalue weighted by Crippen LogP contribution is -2.47. The monoisotopic (exact) mass is 478 g/mol. The van der Waals surface area contributed by atoms with Crippen LogP contribution in [0.3, 0.4) is 0 Å². The number of hydrogen-bond acceptors (Lipinski definition) is 4. The third-order valence-corrected chi connectivity index (χ3v) is 8.44. The molecular formula is C24H31ClN2O4S. The highest BCUT2D eigenvalue weighted by molar-refractivity contribution is 7.89. The van der Waals surface area contributed by atoms with E-state index in [4.69, 9.17) is 16.3 Å². The van der Waals surface area contributed by atoms with Gasteiger partial charge in [-0.3, -0.25) is 4.79 Å². The number of methoxy groups -OCH3 is 1. The maximum absolute atomic E-state index is 13.6. The topological polar surface area (TPSA) is 66.9 Å². The zero-order valence-electron chi connectivity index (χ0n) is 19.1. The molecule has 0 aromatic heterocycles. The highest BCUT2D eigenvalue weighted by Gasteiger charge is 2.35. The van der Waals surface area contributed by atoms with Gasteiger partial charge in [0, 0.05) is 18.8 Å². The number of likely N-dealkylation sites (N-methyl/N-ethyl adjacent to an activating group) is 1. The molecule has 0 saturated heterocycles. The van der Waals surface area contributed by atoms with Crippen LogP contribution in [0.1, 0.15) is 43.2 Å². The van der Waals surface area contributed by atoms with E-state index in [-0.39, 0.29) is 28.4 Å². The number of aryl methyl sites for hydroxylation is 2. The number of ether oxygens (including phenoxy) is 1. The van der Waals surface area contributed by atoms with Crippen molar-refractivity contribution in [2.24, 2.45) is 0 Å². The van der Waals surface area contributed by atoms with Gasteiger partial charge < -0.3 is 9.64 Å². The third-order valence-electron chi connectivity index (χ3n) is 6.25. The first kappa shape index (κ1) is 24.6. The van der Waals surface area contributed by atoms with E-state index < -0.39 is 10.0 Å². The summed E-state index contributed by atoms with van der Waals surface area (Å²) in [7, 11) is -0.768. The average Bonchev–Trinajstić information content (AvgIpc) is 2.79. The SMILES string of the molecule is COc1ccc(S(=O)(=O)N(CC(=O)N(C)c2ccc(C)c(C)c2)C2CCCCC2)cc1Cl. The van der Waals surface area contributed by atoms with Crippen LogP contribution in [0.2, 0.25) is 5.02 Å². The Morgan fingerprint density at radius 3 is 2.34 bits per heavy atom. The molecule has 1 fully saturated rings. The predicted molar refractivity (Wildman–Crippen MR) is 128 cm³/mol. The summed E-state index contributed by atoms with van der Waals surface area (Å²) in [5.74, 6) is 0.127. The number of carbonyl (C=O) groups is 1. The molecule has 6 nitrogen and oxygen atoms in total. The normalized spacial score (nSPS) is 15.1. The second-order valence-electron chi connectivity index (χ2n) is 8.36. The van der Waals surface area contributed by atoms with Gasteiger partial charge in [-0.25, -0.2) is 8.42 Å². The van der Waals surface area contributed by atoms with Crippen molar-refractivity contribution in [3.8, 4) is 5.75 Å². The molecule has 0 aliphatic heterocycles. The van der Waals surface area contributed by atoms with Gasteiger partial charge in [-0.05, 0) is 68.1 Å². The molecule has 32 heavy (non-hydrogen) atoms. The van der Waals surface area contributed by atoms with Gasteiger partial charge in [-0.15, -0.1) is 0 Å². The van der Waals surface area contributed by atoms with Gasteiger partial charge in [0.05, 0.1) is 23.6 Å². The maximum atomic E-state index is 13.6. The number of sulfonamides is 1. The molecule has 8 heteroatoms. The summed E-state index contributed by atoms with van der Waals surface area (Å²) < 4.78 is 33.8. The van der Waals surface area contributed by atoms with Crippen LogP contribution in [0.15, 0.2) is 41.3 Å². The minimum absolute atomic E-state index is 0.0653. The first-order chi connectivity index (χ1) is 15.1. The van der Waals surface area contributed by atoms with Crippen molar-refractivity contribution >= 4 is 33.2 Å². The van der Waals surface area contributed by atoms with Crippen molar-refractivity contribution in [2.75, 3.05) is 25.6 Å². The Labute approximate surface area is 196 Å². The third kappa shape index (κ3) is 5.27. The molecule has 2 aromatic carbocycles. The Morgan fingerprint density at radius 1 is 1.06 bits per heavy atom. The standard InChI is InChI=1S/C24H31ClN2O4S/c1-17-10-11-20(14-18(17)2)26(3)24(28)16-27(19-8-6-5-7-9-19)32(29,30)21-12-13-23(31-4)22(25)15-21/h10-15,19H,5-9,16H2,1-4H3. The molecule has 0 unspecified atom stereocenters. The minimum Gasteiger partial charge on any atom is -0.495 e. The molecule has 0 heterocycles. The van der Waals surface area contributed by atoms with Crippen LogP contribution in [0, 0.1) is 13.8 Å². The number of hydrogen-bond donors (Lipinski definition) is 0. The molecule has 1 aliphatic carbocycles. The first-order valence-electron chi connectivity index (χ1n) is 10.8. The summed E-state index contributed by atoms with van der Waals surface area (Å²) in [4.78, 5) is 14.8. The van der Waals surface area contributed by atoms with Crippen LogP contribution in [-0.2, 0) is 14.8 Å². The number of carbonyl (C=O) groups excluding carboxylic acids is 1. The fourth-order valence-corrected chi connectivity index (χ4v) is 6.02. The molecule has 174 valence electrons. The van der Waals surface area contributed by atoms with E-state index in [1.165, 1.54) is 34.5 Å². The molecule has 1 saturated carbocycles. The predicted octanol–water partition coefficient (Wildman–Crippen LogP) is 4.95. The lowest BCUT2D eigenvalue weighted by molar-refractivity contribution is -0.119. The van der Waals surface area contributed by atoms with Crippen LogP contribution in [-0.4, -0.2) is 45.4 Å². The second kappa shape index (κ2) is 10.2. The summed E-state index contributed by atoms with van der Waals surface area (Å²) in [6.07, 6.45) is 4.45. The van der Waals surface area contributed by atoms with Crippen LogP contribution in [0.5, 0.6) is 5.75 Å². The van der Waals surface area contributed by atoms with E-state index in [1.807, 2.05) is 32.0 Å². The fourth-order valence-electron chi connectivity index (χ4n) is 4.04.